The molecular weight excluding hydrogens is 302 g/mol. The second-order valence-electron chi connectivity index (χ2n) is 7.09. The Bertz CT molecular complexity index is 563. The van der Waals surface area contributed by atoms with Crippen LogP contribution in [-0.2, 0) is 16.1 Å². The van der Waals surface area contributed by atoms with Crippen LogP contribution in [0.25, 0.3) is 0 Å². The van der Waals surface area contributed by atoms with Crippen LogP contribution in [0.2, 0.25) is 0 Å². The van der Waals surface area contributed by atoms with E-state index in [9.17, 15) is 4.79 Å². The maximum Gasteiger partial charge on any atom is 0.222 e. The van der Waals surface area contributed by atoms with Crippen LogP contribution in [0.3, 0.4) is 0 Å². The highest BCUT2D eigenvalue weighted by Crippen LogP contribution is 2.31. The van der Waals surface area contributed by atoms with Gasteiger partial charge in [-0.05, 0) is 43.7 Å². The van der Waals surface area contributed by atoms with E-state index < -0.39 is 0 Å². The van der Waals surface area contributed by atoms with E-state index in [1.165, 1.54) is 11.3 Å². The van der Waals surface area contributed by atoms with Crippen molar-refractivity contribution in [1.29, 1.82) is 0 Å². The number of aryl methyl sites for hydroxylation is 1. The lowest BCUT2D eigenvalue weighted by molar-refractivity contribution is -0.135. The highest BCUT2D eigenvalue weighted by atomic mass is 16.5. The van der Waals surface area contributed by atoms with Crippen LogP contribution >= 0.6 is 0 Å². The summed E-state index contributed by atoms with van der Waals surface area (Å²) in [7, 11) is 1.71. The van der Waals surface area contributed by atoms with Crippen molar-refractivity contribution < 1.29 is 9.53 Å². The Morgan fingerprint density at radius 2 is 2.25 bits per heavy atom. The van der Waals surface area contributed by atoms with E-state index in [2.05, 4.69) is 27.8 Å². The van der Waals surface area contributed by atoms with Crippen molar-refractivity contribution in [3.63, 3.8) is 0 Å². The van der Waals surface area contributed by atoms with Gasteiger partial charge in [0, 0.05) is 51.9 Å². The summed E-state index contributed by atoms with van der Waals surface area (Å²) in [5, 5.41) is 0. The van der Waals surface area contributed by atoms with Crippen LogP contribution in [0.1, 0.15) is 36.9 Å². The SMILES string of the molecule is COCCN1C(=O)CCC[C@H]2CN(Cc3ncccc3C)CC[C@H]21. The fourth-order valence-electron chi connectivity index (χ4n) is 4.15. The molecule has 3 heterocycles. The Morgan fingerprint density at radius 1 is 1.38 bits per heavy atom. The second-order valence-corrected chi connectivity index (χ2v) is 7.09. The van der Waals surface area contributed by atoms with Crippen molar-refractivity contribution in [2.24, 2.45) is 5.92 Å². The maximum absolute atomic E-state index is 12.4. The predicted molar refractivity (Wildman–Crippen MR) is 93.6 cm³/mol. The summed E-state index contributed by atoms with van der Waals surface area (Å²) in [5.41, 5.74) is 2.44. The van der Waals surface area contributed by atoms with Crippen molar-refractivity contribution >= 4 is 5.91 Å². The van der Waals surface area contributed by atoms with E-state index in [0.29, 0.717) is 30.9 Å². The molecule has 0 radical (unpaired) electrons. The molecule has 0 spiro atoms. The predicted octanol–water partition coefficient (Wildman–Crippen LogP) is 2.24. The summed E-state index contributed by atoms with van der Waals surface area (Å²) < 4.78 is 5.21. The van der Waals surface area contributed by atoms with E-state index in [4.69, 9.17) is 4.74 Å². The molecule has 2 atom stereocenters. The first-order valence-electron chi connectivity index (χ1n) is 9.10. The number of hydrogen-bond donors (Lipinski definition) is 0. The average Bonchev–Trinajstić information content (AvgIpc) is 2.73. The second kappa shape index (κ2) is 8.08. The topological polar surface area (TPSA) is 45.7 Å². The first-order chi connectivity index (χ1) is 11.7. The van der Waals surface area contributed by atoms with Crippen molar-refractivity contribution in [2.75, 3.05) is 33.4 Å². The minimum atomic E-state index is 0.313. The zero-order valence-electron chi connectivity index (χ0n) is 14.9. The number of likely N-dealkylation sites (tertiary alicyclic amines) is 2. The molecule has 2 aliphatic rings. The largest absolute Gasteiger partial charge is 0.383 e. The molecular formula is C19H29N3O2. The molecule has 0 bridgehead atoms. The van der Waals surface area contributed by atoms with E-state index in [1.807, 2.05) is 12.3 Å². The fraction of sp³-hybridized carbons (Fsp3) is 0.684. The number of aromatic nitrogens is 1. The molecule has 5 nitrogen and oxygen atoms in total. The number of carbonyl (C=O) groups excluding carboxylic acids is 1. The number of ether oxygens (including phenoxy) is 1. The number of piperidine rings is 1. The van der Waals surface area contributed by atoms with Crippen LogP contribution in [0.4, 0.5) is 0 Å². The number of amides is 1. The lowest BCUT2D eigenvalue weighted by Crippen LogP contribution is -2.52. The number of nitrogens with zero attached hydrogens (tertiary/aromatic N) is 3. The van der Waals surface area contributed by atoms with Gasteiger partial charge in [0.2, 0.25) is 5.91 Å². The number of pyridine rings is 1. The molecule has 0 unspecified atom stereocenters. The summed E-state index contributed by atoms with van der Waals surface area (Å²) >= 11 is 0. The average molecular weight is 331 g/mol. The van der Waals surface area contributed by atoms with Gasteiger partial charge in [-0.1, -0.05) is 6.07 Å². The highest BCUT2D eigenvalue weighted by Gasteiger charge is 2.37. The molecule has 5 heteroatoms. The molecule has 24 heavy (non-hydrogen) atoms. The van der Waals surface area contributed by atoms with Gasteiger partial charge in [0.25, 0.3) is 0 Å². The third-order valence-electron chi connectivity index (χ3n) is 5.49. The van der Waals surface area contributed by atoms with Crippen LogP contribution in [0, 0.1) is 12.8 Å². The Hall–Kier alpha value is -1.46. The molecule has 132 valence electrons. The Labute approximate surface area is 145 Å². The molecule has 2 aliphatic heterocycles. The van der Waals surface area contributed by atoms with E-state index in [0.717, 1.165) is 45.4 Å². The van der Waals surface area contributed by atoms with Gasteiger partial charge in [-0.15, -0.1) is 0 Å². The normalized spacial score (nSPS) is 25.4. The van der Waals surface area contributed by atoms with Crippen LogP contribution in [0.5, 0.6) is 0 Å². The van der Waals surface area contributed by atoms with Gasteiger partial charge in [0.15, 0.2) is 0 Å². The molecule has 2 saturated heterocycles. The monoisotopic (exact) mass is 331 g/mol. The molecule has 3 rings (SSSR count). The smallest absolute Gasteiger partial charge is 0.222 e. The Morgan fingerprint density at radius 3 is 3.04 bits per heavy atom. The van der Waals surface area contributed by atoms with Gasteiger partial charge in [-0.2, -0.15) is 0 Å². The summed E-state index contributed by atoms with van der Waals surface area (Å²) in [6, 6.07) is 4.51. The third-order valence-corrected chi connectivity index (χ3v) is 5.49. The van der Waals surface area contributed by atoms with Gasteiger partial charge in [-0.3, -0.25) is 14.7 Å². The summed E-state index contributed by atoms with van der Waals surface area (Å²) in [6.45, 7) is 6.51. The van der Waals surface area contributed by atoms with E-state index >= 15 is 0 Å². The van der Waals surface area contributed by atoms with Gasteiger partial charge in [0.05, 0.1) is 12.3 Å². The minimum Gasteiger partial charge on any atom is -0.383 e. The van der Waals surface area contributed by atoms with Crippen LogP contribution in [0.15, 0.2) is 18.3 Å². The first kappa shape index (κ1) is 17.4. The highest BCUT2D eigenvalue weighted by molar-refractivity contribution is 5.76. The lowest BCUT2D eigenvalue weighted by atomic mass is 9.88. The molecule has 1 amide bonds. The summed E-state index contributed by atoms with van der Waals surface area (Å²) in [4.78, 5) is 21.6. The van der Waals surface area contributed by atoms with Crippen molar-refractivity contribution in [3.8, 4) is 0 Å². The number of rotatable bonds is 5. The zero-order valence-corrected chi connectivity index (χ0v) is 14.9. The van der Waals surface area contributed by atoms with Gasteiger partial charge in [-0.25, -0.2) is 0 Å². The third kappa shape index (κ3) is 3.95. The summed E-state index contributed by atoms with van der Waals surface area (Å²) in [5.74, 6) is 0.889. The zero-order chi connectivity index (χ0) is 16.9. The van der Waals surface area contributed by atoms with Crippen LogP contribution < -0.4 is 0 Å². The number of fused-ring (bicyclic) bond motifs is 1. The first-order valence-corrected chi connectivity index (χ1v) is 9.10. The molecule has 0 N–H and O–H groups in total. The standard InChI is InChI=1S/C19H29N3O2/c1-15-5-4-9-20-17(15)14-21-10-8-18-16(13-21)6-3-7-19(23)22(18)11-12-24-2/h4-5,9,16,18H,3,6-8,10-14H2,1-2H3/t16-,18+/m0/s1. The molecule has 2 fully saturated rings. The minimum absolute atomic E-state index is 0.313. The molecule has 0 aromatic carbocycles. The quantitative estimate of drug-likeness (QED) is 0.830. The number of hydrogen-bond acceptors (Lipinski definition) is 4. The Balaban J connectivity index is 1.66. The van der Waals surface area contributed by atoms with E-state index in [-0.39, 0.29) is 0 Å². The van der Waals surface area contributed by atoms with Crippen LogP contribution in [-0.4, -0.2) is 60.1 Å². The fourth-order valence-corrected chi connectivity index (χ4v) is 4.15. The van der Waals surface area contributed by atoms with Gasteiger partial charge < -0.3 is 9.64 Å². The molecule has 0 saturated carbocycles. The van der Waals surface area contributed by atoms with Crippen molar-refractivity contribution in [3.05, 3.63) is 29.6 Å². The molecule has 0 aliphatic carbocycles. The lowest BCUT2D eigenvalue weighted by Gasteiger charge is -2.42. The van der Waals surface area contributed by atoms with Gasteiger partial charge >= 0.3 is 0 Å². The van der Waals surface area contributed by atoms with Gasteiger partial charge in [0.1, 0.15) is 0 Å². The van der Waals surface area contributed by atoms with E-state index in [1.54, 1.807) is 7.11 Å². The van der Waals surface area contributed by atoms with Crippen molar-refractivity contribution in [2.45, 2.75) is 45.2 Å². The number of methoxy groups -OCH3 is 1. The molecule has 1 aromatic heterocycles. The Kier molecular flexibility index (Phi) is 5.85. The summed E-state index contributed by atoms with van der Waals surface area (Å²) in [6.07, 6.45) is 5.80. The number of carbonyl (C=O) groups is 1. The maximum atomic E-state index is 12.4. The molecule has 1 aromatic rings. The van der Waals surface area contributed by atoms with Crippen molar-refractivity contribution in [1.82, 2.24) is 14.8 Å².